The molecule has 0 saturated carbocycles. The number of nitrogens with one attached hydrogen (secondary N) is 2. The summed E-state index contributed by atoms with van der Waals surface area (Å²) in [6.45, 7) is 5.26. The molecule has 0 saturated heterocycles. The summed E-state index contributed by atoms with van der Waals surface area (Å²) in [4.78, 5) is 19.6. The minimum absolute atomic E-state index is 0.227. The number of carbonyl (C=O) groups excluding carboxylic acids is 1. The lowest BCUT2D eigenvalue weighted by molar-refractivity contribution is -0.141. The molecule has 0 aliphatic rings. The molecule has 0 aliphatic heterocycles. The minimum atomic E-state index is -4.67. The summed E-state index contributed by atoms with van der Waals surface area (Å²) in [5.74, 6) is -1.08. The van der Waals surface area contributed by atoms with Crippen LogP contribution in [0.15, 0.2) is 30.3 Å². The molecule has 2 aromatic rings. The van der Waals surface area contributed by atoms with E-state index in [2.05, 4.69) is 20.6 Å². The third kappa shape index (κ3) is 5.33. The fraction of sp³-hybridized carbons (Fsp3) is 0.312. The Kier molecular flexibility index (Phi) is 4.87. The second-order valence-corrected chi connectivity index (χ2v) is 6.41. The molecule has 25 heavy (non-hydrogen) atoms. The van der Waals surface area contributed by atoms with Crippen molar-refractivity contribution in [3.63, 3.8) is 0 Å². The second-order valence-electron chi connectivity index (χ2n) is 6.41. The predicted octanol–water partition coefficient (Wildman–Crippen LogP) is 3.54. The van der Waals surface area contributed by atoms with E-state index in [1.807, 2.05) is 0 Å². The molecule has 1 amide bonds. The van der Waals surface area contributed by atoms with Crippen LogP contribution in [0.2, 0.25) is 0 Å². The van der Waals surface area contributed by atoms with Gasteiger partial charge in [0.15, 0.2) is 5.69 Å². The molecule has 2 rings (SSSR count). The van der Waals surface area contributed by atoms with E-state index in [0.717, 1.165) is 0 Å². The number of nitrogens with zero attached hydrogens (tertiary/aromatic N) is 2. The van der Waals surface area contributed by atoms with Crippen molar-refractivity contribution in [2.24, 2.45) is 0 Å². The predicted molar refractivity (Wildman–Crippen MR) is 89.2 cm³/mol. The number of hydrogen-bond donors (Lipinski definition) is 3. The van der Waals surface area contributed by atoms with Crippen molar-refractivity contribution >= 4 is 23.4 Å². The van der Waals surface area contributed by atoms with E-state index in [9.17, 15) is 18.0 Å². The highest BCUT2D eigenvalue weighted by molar-refractivity contribution is 6.04. The second kappa shape index (κ2) is 6.58. The first-order valence-corrected chi connectivity index (χ1v) is 7.35. The molecule has 0 atom stereocenters. The maximum absolute atomic E-state index is 13.0. The van der Waals surface area contributed by atoms with Gasteiger partial charge >= 0.3 is 6.18 Å². The van der Waals surface area contributed by atoms with E-state index in [1.165, 1.54) is 24.3 Å². The summed E-state index contributed by atoms with van der Waals surface area (Å²) >= 11 is 0. The summed E-state index contributed by atoms with van der Waals surface area (Å²) in [7, 11) is 0. The van der Waals surface area contributed by atoms with Crippen LogP contribution in [0.3, 0.4) is 0 Å². The number of halogens is 3. The Morgan fingerprint density at radius 3 is 2.20 bits per heavy atom. The van der Waals surface area contributed by atoms with Gasteiger partial charge in [-0.05, 0) is 45.0 Å². The zero-order valence-electron chi connectivity index (χ0n) is 13.9. The number of benzene rings is 1. The summed E-state index contributed by atoms with van der Waals surface area (Å²) in [6.07, 6.45) is -4.67. The van der Waals surface area contributed by atoms with E-state index in [-0.39, 0.29) is 17.3 Å². The lowest BCUT2D eigenvalue weighted by Gasteiger charge is -2.21. The highest BCUT2D eigenvalue weighted by atomic mass is 19.4. The lowest BCUT2D eigenvalue weighted by atomic mass is 10.1. The number of alkyl halides is 3. The first-order chi connectivity index (χ1) is 11.4. The number of aromatic nitrogens is 2. The number of rotatable bonds is 3. The Balaban J connectivity index is 2.33. The van der Waals surface area contributed by atoms with Crippen molar-refractivity contribution in [3.05, 3.63) is 41.6 Å². The molecule has 1 aromatic carbocycles. The number of carbonyl (C=O) groups is 1. The molecule has 1 aromatic heterocycles. The fourth-order valence-electron chi connectivity index (χ4n) is 1.87. The summed E-state index contributed by atoms with van der Waals surface area (Å²) in [6, 6.07) is 6.64. The standard InChI is InChI=1S/C16H18F3N5O/c1-15(2,3)24-14-21-11(16(17,18)19)8-12(23-14)22-13(25)9-4-6-10(20)7-5-9/h4-8H,20H2,1-3H3,(H2,21,22,23,24,25). The SMILES string of the molecule is CC(C)(C)Nc1nc(NC(=O)c2ccc(N)cc2)cc(C(F)(F)F)n1. The van der Waals surface area contributed by atoms with E-state index >= 15 is 0 Å². The Morgan fingerprint density at radius 2 is 1.68 bits per heavy atom. The number of anilines is 3. The van der Waals surface area contributed by atoms with Gasteiger partial charge in [-0.1, -0.05) is 0 Å². The molecule has 134 valence electrons. The molecule has 1 heterocycles. The van der Waals surface area contributed by atoms with Gasteiger partial charge in [-0.15, -0.1) is 0 Å². The van der Waals surface area contributed by atoms with Gasteiger partial charge < -0.3 is 16.4 Å². The van der Waals surface area contributed by atoms with Gasteiger partial charge in [0.2, 0.25) is 5.95 Å². The quantitative estimate of drug-likeness (QED) is 0.734. The average molecular weight is 353 g/mol. The van der Waals surface area contributed by atoms with Gasteiger partial charge in [-0.25, -0.2) is 4.98 Å². The zero-order chi connectivity index (χ0) is 18.8. The first-order valence-electron chi connectivity index (χ1n) is 7.35. The van der Waals surface area contributed by atoms with Crippen LogP contribution in [-0.4, -0.2) is 21.4 Å². The highest BCUT2D eigenvalue weighted by Gasteiger charge is 2.34. The molecule has 0 spiro atoms. The molecule has 0 unspecified atom stereocenters. The Labute approximate surface area is 142 Å². The fourth-order valence-corrected chi connectivity index (χ4v) is 1.87. The summed E-state index contributed by atoms with van der Waals surface area (Å²) < 4.78 is 39.1. The molecule has 0 aliphatic carbocycles. The minimum Gasteiger partial charge on any atom is -0.399 e. The smallest absolute Gasteiger partial charge is 0.399 e. The van der Waals surface area contributed by atoms with Crippen LogP contribution in [0.1, 0.15) is 36.8 Å². The first kappa shape index (κ1) is 18.5. The third-order valence-corrected chi connectivity index (χ3v) is 2.92. The van der Waals surface area contributed by atoms with Gasteiger partial charge in [0, 0.05) is 22.9 Å². The Bertz CT molecular complexity index is 767. The van der Waals surface area contributed by atoms with Crippen molar-refractivity contribution in [2.45, 2.75) is 32.5 Å². The molecule has 6 nitrogen and oxygen atoms in total. The third-order valence-electron chi connectivity index (χ3n) is 2.92. The van der Waals surface area contributed by atoms with Gasteiger partial charge in [-0.3, -0.25) is 4.79 Å². The molecule has 0 fully saturated rings. The van der Waals surface area contributed by atoms with E-state index < -0.39 is 23.3 Å². The number of nitrogen functional groups attached to an aromatic ring is 1. The zero-order valence-corrected chi connectivity index (χ0v) is 13.9. The monoisotopic (exact) mass is 353 g/mol. The molecule has 4 N–H and O–H groups in total. The van der Waals surface area contributed by atoms with E-state index in [4.69, 9.17) is 5.73 Å². The Hall–Kier alpha value is -2.84. The topological polar surface area (TPSA) is 92.9 Å². The van der Waals surface area contributed by atoms with Crippen LogP contribution in [-0.2, 0) is 6.18 Å². The number of nitrogens with two attached hydrogens (primary N) is 1. The van der Waals surface area contributed by atoms with Crippen LogP contribution >= 0.6 is 0 Å². The van der Waals surface area contributed by atoms with Gasteiger partial charge in [-0.2, -0.15) is 18.2 Å². The summed E-state index contributed by atoms with van der Waals surface area (Å²) in [5, 5.41) is 5.11. The summed E-state index contributed by atoms with van der Waals surface area (Å²) in [5.41, 5.74) is 4.55. The molecular formula is C16H18F3N5O. The highest BCUT2D eigenvalue weighted by Crippen LogP contribution is 2.30. The van der Waals surface area contributed by atoms with Crippen LogP contribution in [0.5, 0.6) is 0 Å². The maximum Gasteiger partial charge on any atom is 0.433 e. The average Bonchev–Trinajstić information content (AvgIpc) is 2.44. The van der Waals surface area contributed by atoms with Crippen molar-refractivity contribution in [1.82, 2.24) is 9.97 Å². The van der Waals surface area contributed by atoms with Gasteiger partial charge in [0.1, 0.15) is 5.82 Å². The van der Waals surface area contributed by atoms with Gasteiger partial charge in [0.25, 0.3) is 5.91 Å². The van der Waals surface area contributed by atoms with Crippen LogP contribution < -0.4 is 16.4 Å². The largest absolute Gasteiger partial charge is 0.433 e. The van der Waals surface area contributed by atoms with Crippen LogP contribution in [0.4, 0.5) is 30.6 Å². The van der Waals surface area contributed by atoms with E-state index in [0.29, 0.717) is 11.8 Å². The van der Waals surface area contributed by atoms with Crippen molar-refractivity contribution in [1.29, 1.82) is 0 Å². The molecule has 0 radical (unpaired) electrons. The van der Waals surface area contributed by atoms with E-state index in [1.54, 1.807) is 20.8 Å². The number of amides is 1. The number of hydrogen-bond acceptors (Lipinski definition) is 5. The maximum atomic E-state index is 13.0. The molecular weight excluding hydrogens is 335 g/mol. The van der Waals surface area contributed by atoms with Crippen molar-refractivity contribution < 1.29 is 18.0 Å². The molecule has 0 bridgehead atoms. The van der Waals surface area contributed by atoms with Gasteiger partial charge in [0.05, 0.1) is 0 Å². The Morgan fingerprint density at radius 1 is 1.08 bits per heavy atom. The normalized spacial score (nSPS) is 11.9. The van der Waals surface area contributed by atoms with Crippen molar-refractivity contribution in [3.8, 4) is 0 Å². The van der Waals surface area contributed by atoms with Crippen molar-refractivity contribution in [2.75, 3.05) is 16.4 Å². The lowest BCUT2D eigenvalue weighted by Crippen LogP contribution is -2.28. The molecule has 9 heteroatoms. The van der Waals surface area contributed by atoms with Crippen LogP contribution in [0, 0.1) is 0 Å². The van der Waals surface area contributed by atoms with Crippen LogP contribution in [0.25, 0.3) is 0 Å².